The molecule has 0 N–H and O–H groups in total. The highest BCUT2D eigenvalue weighted by molar-refractivity contribution is 7.64. The molecular weight excluding hydrogens is 413 g/mol. The number of unbranched alkanes of at least 4 members (excludes halogenated alkanes) is 1. The van der Waals surface area contributed by atoms with Gasteiger partial charge in [-0.2, -0.15) is 0 Å². The van der Waals surface area contributed by atoms with Crippen molar-refractivity contribution >= 4 is 18.8 Å². The fraction of sp³-hybridized carbons (Fsp3) is 0.458. The molecule has 6 nitrogen and oxygen atoms in total. The lowest BCUT2D eigenvalue weighted by Crippen LogP contribution is -2.42. The number of hydrogen-bond acceptors (Lipinski definition) is 5. The Kier molecular flexibility index (Phi) is 8.70. The molecule has 1 fully saturated rings. The first-order chi connectivity index (χ1) is 15.1. The number of nitrogens with zero attached hydrogens (tertiary/aromatic N) is 1. The van der Waals surface area contributed by atoms with E-state index in [4.69, 9.17) is 14.0 Å². The van der Waals surface area contributed by atoms with E-state index in [0.717, 1.165) is 31.4 Å². The van der Waals surface area contributed by atoms with Crippen molar-refractivity contribution < 1.29 is 23.4 Å². The quantitative estimate of drug-likeness (QED) is 0.373. The van der Waals surface area contributed by atoms with Gasteiger partial charge in [-0.15, -0.1) is 0 Å². The maximum Gasteiger partial charge on any atom is 0.323 e. The van der Waals surface area contributed by atoms with Crippen LogP contribution < -0.4 is 10.0 Å². The Morgan fingerprint density at radius 2 is 1.77 bits per heavy atom. The highest BCUT2D eigenvalue weighted by Crippen LogP contribution is 2.53. The van der Waals surface area contributed by atoms with Crippen LogP contribution in [0.3, 0.4) is 0 Å². The molecule has 0 bridgehead atoms. The number of carbonyl (C=O) groups excluding carboxylic acids is 1. The number of benzene rings is 2. The van der Waals surface area contributed by atoms with Gasteiger partial charge in [0.25, 0.3) is 0 Å². The highest BCUT2D eigenvalue weighted by atomic mass is 31.2. The summed E-state index contributed by atoms with van der Waals surface area (Å²) in [4.78, 5) is 12.8. The van der Waals surface area contributed by atoms with Crippen molar-refractivity contribution in [2.75, 3.05) is 19.8 Å². The Hall–Kier alpha value is -2.14. The summed E-state index contributed by atoms with van der Waals surface area (Å²) < 4.78 is 33.1. The van der Waals surface area contributed by atoms with E-state index in [9.17, 15) is 9.36 Å². The third-order valence-corrected chi connectivity index (χ3v) is 7.92. The summed E-state index contributed by atoms with van der Waals surface area (Å²) in [5, 5.41) is 0.570. The predicted octanol–water partition coefficient (Wildman–Crippen LogP) is 5.53. The SMILES string of the molecule is CCCCC(C(=O)OCC)N1CCCCOP1(=O)c1ccc(Oc2ccccc2)cc1. The van der Waals surface area contributed by atoms with Crippen LogP contribution in [0.5, 0.6) is 11.5 Å². The lowest BCUT2D eigenvalue weighted by Gasteiger charge is -2.34. The van der Waals surface area contributed by atoms with E-state index in [1.807, 2.05) is 30.3 Å². The summed E-state index contributed by atoms with van der Waals surface area (Å²) in [5.41, 5.74) is 0. The molecule has 0 spiro atoms. The predicted molar refractivity (Wildman–Crippen MR) is 122 cm³/mol. The minimum Gasteiger partial charge on any atom is -0.465 e. The minimum atomic E-state index is -3.42. The molecule has 7 heteroatoms. The Balaban J connectivity index is 1.88. The molecule has 0 amide bonds. The molecule has 1 heterocycles. The molecule has 0 radical (unpaired) electrons. The van der Waals surface area contributed by atoms with Crippen LogP contribution in [-0.4, -0.2) is 36.4 Å². The first-order valence-corrected chi connectivity index (χ1v) is 12.7. The van der Waals surface area contributed by atoms with Gasteiger partial charge in [0.2, 0.25) is 0 Å². The number of ether oxygens (including phenoxy) is 2. The molecule has 1 aliphatic heterocycles. The number of hydrogen-bond donors (Lipinski definition) is 0. The maximum atomic E-state index is 14.2. The van der Waals surface area contributed by atoms with Gasteiger partial charge in [0.15, 0.2) is 0 Å². The van der Waals surface area contributed by atoms with Gasteiger partial charge in [0.1, 0.15) is 17.5 Å². The zero-order valence-electron chi connectivity index (χ0n) is 18.4. The largest absolute Gasteiger partial charge is 0.465 e. The van der Waals surface area contributed by atoms with Crippen molar-refractivity contribution in [3.63, 3.8) is 0 Å². The summed E-state index contributed by atoms with van der Waals surface area (Å²) in [6.07, 6.45) is 4.02. The van der Waals surface area contributed by atoms with Gasteiger partial charge >= 0.3 is 13.5 Å². The summed E-state index contributed by atoms with van der Waals surface area (Å²) in [6.45, 7) is 5.10. The highest BCUT2D eigenvalue weighted by Gasteiger charge is 2.43. The van der Waals surface area contributed by atoms with Gasteiger partial charge in [-0.3, -0.25) is 9.36 Å². The van der Waals surface area contributed by atoms with Gasteiger partial charge in [0.05, 0.1) is 18.5 Å². The summed E-state index contributed by atoms with van der Waals surface area (Å²) >= 11 is 0. The third kappa shape index (κ3) is 5.97. The van der Waals surface area contributed by atoms with Crippen molar-refractivity contribution in [1.29, 1.82) is 0 Å². The van der Waals surface area contributed by atoms with E-state index in [0.29, 0.717) is 37.2 Å². The van der Waals surface area contributed by atoms with E-state index in [1.165, 1.54) is 0 Å². The van der Waals surface area contributed by atoms with E-state index >= 15 is 0 Å². The zero-order valence-corrected chi connectivity index (χ0v) is 19.3. The zero-order chi connectivity index (χ0) is 22.1. The van der Waals surface area contributed by atoms with Crippen LogP contribution in [0.25, 0.3) is 0 Å². The van der Waals surface area contributed by atoms with Crippen LogP contribution in [0, 0.1) is 0 Å². The molecule has 3 rings (SSSR count). The van der Waals surface area contributed by atoms with Crippen LogP contribution in [0.1, 0.15) is 46.0 Å². The third-order valence-electron chi connectivity index (χ3n) is 5.28. The number of para-hydroxylation sites is 1. The summed E-state index contributed by atoms with van der Waals surface area (Å²) in [5.74, 6) is 1.05. The standard InChI is InChI=1S/C24H32NO5P/c1-3-5-13-23(24(26)28-4-2)25-18-9-10-19-29-31(25,27)22-16-14-21(15-17-22)30-20-11-7-6-8-12-20/h6-8,11-12,14-17,23H,3-5,9-10,13,18-19H2,1-2H3. The first kappa shape index (κ1) is 23.5. The van der Waals surface area contributed by atoms with E-state index in [2.05, 4.69) is 6.92 Å². The van der Waals surface area contributed by atoms with Crippen molar-refractivity contribution in [1.82, 2.24) is 4.67 Å². The average Bonchev–Trinajstić information content (AvgIpc) is 2.98. The molecule has 168 valence electrons. The summed E-state index contributed by atoms with van der Waals surface area (Å²) in [6, 6.07) is 16.1. The van der Waals surface area contributed by atoms with E-state index in [1.54, 1.807) is 35.9 Å². The Labute approximate surface area is 185 Å². The van der Waals surface area contributed by atoms with Crippen molar-refractivity contribution in [2.24, 2.45) is 0 Å². The van der Waals surface area contributed by atoms with Crippen LogP contribution in [0.4, 0.5) is 0 Å². The first-order valence-electron chi connectivity index (χ1n) is 11.1. The monoisotopic (exact) mass is 445 g/mol. The molecule has 0 aliphatic carbocycles. The molecule has 2 unspecified atom stereocenters. The van der Waals surface area contributed by atoms with Gasteiger partial charge in [-0.25, -0.2) is 4.67 Å². The lowest BCUT2D eigenvalue weighted by atomic mass is 10.1. The minimum absolute atomic E-state index is 0.298. The molecule has 2 aromatic rings. The van der Waals surface area contributed by atoms with Crippen LogP contribution in [0.15, 0.2) is 54.6 Å². The molecule has 1 aliphatic rings. The molecule has 1 saturated heterocycles. The Morgan fingerprint density at radius 3 is 2.45 bits per heavy atom. The second kappa shape index (κ2) is 11.5. The van der Waals surface area contributed by atoms with Crippen molar-refractivity contribution in [3.8, 4) is 11.5 Å². The molecule has 0 aromatic heterocycles. The molecule has 0 saturated carbocycles. The fourth-order valence-electron chi connectivity index (χ4n) is 3.68. The lowest BCUT2D eigenvalue weighted by molar-refractivity contribution is -0.148. The molecule has 2 atom stereocenters. The molecular formula is C24H32NO5P. The van der Waals surface area contributed by atoms with Gasteiger partial charge in [0, 0.05) is 6.54 Å². The fourth-order valence-corrected chi connectivity index (χ4v) is 6.16. The topological polar surface area (TPSA) is 65.1 Å². The number of esters is 1. The smallest absolute Gasteiger partial charge is 0.323 e. The summed E-state index contributed by atoms with van der Waals surface area (Å²) in [7, 11) is -3.42. The Bertz CT molecular complexity index is 871. The second-order valence-corrected chi connectivity index (χ2v) is 9.87. The van der Waals surface area contributed by atoms with E-state index in [-0.39, 0.29) is 5.97 Å². The normalized spacial score (nSPS) is 20.6. The van der Waals surface area contributed by atoms with Gasteiger partial charge in [-0.1, -0.05) is 38.0 Å². The van der Waals surface area contributed by atoms with Crippen molar-refractivity contribution in [2.45, 2.75) is 52.0 Å². The molecule has 31 heavy (non-hydrogen) atoms. The van der Waals surface area contributed by atoms with Crippen LogP contribution >= 0.6 is 7.52 Å². The van der Waals surface area contributed by atoms with Crippen molar-refractivity contribution in [3.05, 3.63) is 54.6 Å². The van der Waals surface area contributed by atoms with Gasteiger partial charge < -0.3 is 14.0 Å². The van der Waals surface area contributed by atoms with E-state index < -0.39 is 13.6 Å². The number of carbonyl (C=O) groups is 1. The van der Waals surface area contributed by atoms with Gasteiger partial charge in [-0.05, 0) is 62.6 Å². The second-order valence-electron chi connectivity index (χ2n) is 7.54. The van der Waals surface area contributed by atoms with Crippen LogP contribution in [-0.2, 0) is 18.6 Å². The molecule has 2 aromatic carbocycles. The average molecular weight is 445 g/mol. The maximum absolute atomic E-state index is 14.2. The van der Waals surface area contributed by atoms with Crippen LogP contribution in [0.2, 0.25) is 0 Å². The Morgan fingerprint density at radius 1 is 1.06 bits per heavy atom. The number of rotatable bonds is 9.